The molecule has 2 N–H and O–H groups in total. The molecule has 1 aliphatic heterocycles. The number of methoxy groups -OCH3 is 1. The monoisotopic (exact) mass is 509 g/mol. The fraction of sp³-hybridized carbons (Fsp3) is 0.296. The summed E-state index contributed by atoms with van der Waals surface area (Å²) in [5.74, 6) is 0.426. The molecule has 0 aromatic heterocycles. The molecule has 4 rings (SSSR count). The Kier molecular flexibility index (Phi) is 8.25. The van der Waals surface area contributed by atoms with E-state index in [9.17, 15) is 13.2 Å². The van der Waals surface area contributed by atoms with E-state index in [-0.39, 0.29) is 22.4 Å². The van der Waals surface area contributed by atoms with Crippen LogP contribution >= 0.6 is 0 Å². The Labute approximate surface area is 212 Å². The normalized spacial score (nSPS) is 15.2. The first-order valence-electron chi connectivity index (χ1n) is 11.8. The van der Waals surface area contributed by atoms with E-state index < -0.39 is 10.0 Å². The summed E-state index contributed by atoms with van der Waals surface area (Å²) in [6, 6.07) is 20.9. The van der Waals surface area contributed by atoms with E-state index in [0.717, 1.165) is 30.0 Å². The summed E-state index contributed by atoms with van der Waals surface area (Å²) in [5.41, 5.74) is 2.74. The number of carbonyl (C=O) groups is 1. The van der Waals surface area contributed by atoms with Crippen molar-refractivity contribution in [2.45, 2.75) is 17.9 Å². The van der Waals surface area contributed by atoms with Crippen LogP contribution in [0.3, 0.4) is 0 Å². The van der Waals surface area contributed by atoms with Gasteiger partial charge in [-0.05, 0) is 60.5 Å². The number of nitrogens with one attached hydrogen (secondary N) is 2. The molecule has 0 bridgehead atoms. The number of aryl methyl sites for hydroxylation is 1. The highest BCUT2D eigenvalue weighted by Crippen LogP contribution is 2.24. The third-order valence-electron chi connectivity index (χ3n) is 6.12. The van der Waals surface area contributed by atoms with Crippen LogP contribution in [0.1, 0.15) is 27.5 Å². The van der Waals surface area contributed by atoms with Gasteiger partial charge in [0.05, 0.1) is 31.3 Å². The largest absolute Gasteiger partial charge is 0.497 e. The van der Waals surface area contributed by atoms with Gasteiger partial charge < -0.3 is 14.8 Å². The lowest BCUT2D eigenvalue weighted by Crippen LogP contribution is -2.43. The van der Waals surface area contributed by atoms with Crippen molar-refractivity contribution in [3.8, 4) is 5.75 Å². The number of hydrogen-bond acceptors (Lipinski definition) is 6. The molecule has 1 fully saturated rings. The number of hydrogen-bond donors (Lipinski definition) is 2. The SMILES string of the molecule is COc1ccc([C@H](CNC(=O)c2cccc(S(=O)(=O)Nc3cccc(C)c3)c2)N2CCOCC2)cc1. The van der Waals surface area contributed by atoms with Crippen LogP contribution in [0.15, 0.2) is 77.7 Å². The van der Waals surface area contributed by atoms with Crippen LogP contribution in [0.2, 0.25) is 0 Å². The second-order valence-electron chi connectivity index (χ2n) is 8.65. The maximum atomic E-state index is 13.1. The number of anilines is 1. The van der Waals surface area contributed by atoms with Crippen molar-refractivity contribution >= 4 is 21.6 Å². The number of nitrogens with zero attached hydrogens (tertiary/aromatic N) is 1. The molecule has 0 spiro atoms. The van der Waals surface area contributed by atoms with Crippen molar-refractivity contribution in [2.24, 2.45) is 0 Å². The van der Waals surface area contributed by atoms with Gasteiger partial charge in [0.1, 0.15) is 5.75 Å². The number of amides is 1. The van der Waals surface area contributed by atoms with Crippen LogP contribution in [-0.4, -0.2) is 59.2 Å². The highest BCUT2D eigenvalue weighted by Gasteiger charge is 2.24. The smallest absolute Gasteiger partial charge is 0.261 e. The molecule has 190 valence electrons. The predicted octanol–water partition coefficient (Wildman–Crippen LogP) is 3.61. The zero-order valence-corrected chi connectivity index (χ0v) is 21.3. The van der Waals surface area contributed by atoms with E-state index in [1.54, 1.807) is 37.4 Å². The zero-order valence-electron chi connectivity index (χ0n) is 20.4. The van der Waals surface area contributed by atoms with E-state index in [0.29, 0.717) is 25.4 Å². The third-order valence-corrected chi connectivity index (χ3v) is 7.50. The van der Waals surface area contributed by atoms with Crippen molar-refractivity contribution in [3.05, 3.63) is 89.5 Å². The quantitative estimate of drug-likeness (QED) is 0.458. The minimum atomic E-state index is -3.85. The first kappa shape index (κ1) is 25.7. The molecule has 0 saturated carbocycles. The van der Waals surface area contributed by atoms with Crippen LogP contribution in [0.4, 0.5) is 5.69 Å². The third kappa shape index (κ3) is 6.42. The van der Waals surface area contributed by atoms with Crippen LogP contribution < -0.4 is 14.8 Å². The summed E-state index contributed by atoms with van der Waals surface area (Å²) in [7, 11) is -2.22. The molecular formula is C27H31N3O5S. The van der Waals surface area contributed by atoms with Gasteiger partial charge in [0, 0.05) is 30.9 Å². The fourth-order valence-electron chi connectivity index (χ4n) is 4.19. The van der Waals surface area contributed by atoms with Crippen LogP contribution in [0.25, 0.3) is 0 Å². The van der Waals surface area contributed by atoms with Crippen molar-refractivity contribution in [2.75, 3.05) is 44.7 Å². The summed E-state index contributed by atoms with van der Waals surface area (Å²) in [4.78, 5) is 15.4. The van der Waals surface area contributed by atoms with Crippen molar-refractivity contribution < 1.29 is 22.7 Å². The summed E-state index contributed by atoms with van der Waals surface area (Å²) < 4.78 is 39.2. The molecule has 0 aliphatic carbocycles. The molecule has 8 nitrogen and oxygen atoms in total. The number of morpholine rings is 1. The van der Waals surface area contributed by atoms with E-state index in [1.807, 2.05) is 37.3 Å². The van der Waals surface area contributed by atoms with Gasteiger partial charge in [-0.25, -0.2) is 8.42 Å². The lowest BCUT2D eigenvalue weighted by Gasteiger charge is -2.35. The summed E-state index contributed by atoms with van der Waals surface area (Å²) in [6.07, 6.45) is 0. The van der Waals surface area contributed by atoms with Gasteiger partial charge in [-0.2, -0.15) is 0 Å². The Morgan fingerprint density at radius 2 is 1.75 bits per heavy atom. The summed E-state index contributed by atoms with van der Waals surface area (Å²) in [6.45, 7) is 5.03. The fourth-order valence-corrected chi connectivity index (χ4v) is 5.29. The molecule has 1 amide bonds. The van der Waals surface area contributed by atoms with E-state index in [1.165, 1.54) is 12.1 Å². The molecule has 1 atom stereocenters. The topological polar surface area (TPSA) is 97.0 Å². The van der Waals surface area contributed by atoms with Crippen LogP contribution in [0, 0.1) is 6.92 Å². The molecule has 1 aliphatic rings. The number of ether oxygens (including phenoxy) is 2. The van der Waals surface area contributed by atoms with Gasteiger partial charge in [-0.1, -0.05) is 30.3 Å². The Morgan fingerprint density at radius 3 is 2.44 bits per heavy atom. The number of sulfonamides is 1. The van der Waals surface area contributed by atoms with Crippen LogP contribution in [-0.2, 0) is 14.8 Å². The average molecular weight is 510 g/mol. The van der Waals surface area contributed by atoms with Gasteiger partial charge >= 0.3 is 0 Å². The maximum absolute atomic E-state index is 13.1. The van der Waals surface area contributed by atoms with Crippen molar-refractivity contribution in [3.63, 3.8) is 0 Å². The van der Waals surface area contributed by atoms with Gasteiger partial charge in [0.25, 0.3) is 15.9 Å². The number of rotatable bonds is 9. The highest BCUT2D eigenvalue weighted by molar-refractivity contribution is 7.92. The molecule has 0 radical (unpaired) electrons. The maximum Gasteiger partial charge on any atom is 0.261 e. The molecular weight excluding hydrogens is 478 g/mol. The predicted molar refractivity (Wildman–Crippen MR) is 139 cm³/mol. The minimum Gasteiger partial charge on any atom is -0.497 e. The zero-order chi connectivity index (χ0) is 25.5. The molecule has 36 heavy (non-hydrogen) atoms. The number of benzene rings is 3. The Hall–Kier alpha value is -3.40. The van der Waals surface area contributed by atoms with Crippen LogP contribution in [0.5, 0.6) is 5.75 Å². The number of carbonyl (C=O) groups excluding carboxylic acids is 1. The first-order chi connectivity index (χ1) is 17.4. The molecule has 0 unspecified atom stereocenters. The Bertz CT molecular complexity index is 1290. The Balaban J connectivity index is 1.48. The lowest BCUT2D eigenvalue weighted by molar-refractivity contribution is 0.0162. The molecule has 3 aromatic carbocycles. The van der Waals surface area contributed by atoms with Crippen molar-refractivity contribution in [1.29, 1.82) is 0 Å². The van der Waals surface area contributed by atoms with Crippen molar-refractivity contribution in [1.82, 2.24) is 10.2 Å². The van der Waals surface area contributed by atoms with Gasteiger partial charge in [0.15, 0.2) is 0 Å². The van der Waals surface area contributed by atoms with E-state index in [2.05, 4.69) is 14.9 Å². The second kappa shape index (κ2) is 11.6. The second-order valence-corrected chi connectivity index (χ2v) is 10.3. The molecule has 1 saturated heterocycles. The molecule has 9 heteroatoms. The van der Waals surface area contributed by atoms with E-state index >= 15 is 0 Å². The lowest BCUT2D eigenvalue weighted by atomic mass is 10.0. The summed E-state index contributed by atoms with van der Waals surface area (Å²) >= 11 is 0. The van der Waals surface area contributed by atoms with E-state index in [4.69, 9.17) is 9.47 Å². The first-order valence-corrected chi connectivity index (χ1v) is 13.3. The standard InChI is InChI=1S/C27H31N3O5S/c1-20-5-3-7-23(17-20)29-36(32,33)25-8-4-6-22(18-25)27(31)28-19-26(30-13-15-35-16-14-30)21-9-11-24(34-2)12-10-21/h3-12,17-18,26,29H,13-16,19H2,1-2H3,(H,28,31)/t26-/m0/s1. The Morgan fingerprint density at radius 1 is 1.03 bits per heavy atom. The summed E-state index contributed by atoms with van der Waals surface area (Å²) in [5, 5.41) is 2.99. The minimum absolute atomic E-state index is 0.0246. The molecule has 1 heterocycles. The molecule has 3 aromatic rings. The van der Waals surface area contributed by atoms with Gasteiger partial charge in [-0.3, -0.25) is 14.4 Å². The highest BCUT2D eigenvalue weighted by atomic mass is 32.2. The van der Waals surface area contributed by atoms with Gasteiger partial charge in [-0.15, -0.1) is 0 Å². The average Bonchev–Trinajstić information content (AvgIpc) is 2.89. The van der Waals surface area contributed by atoms with Gasteiger partial charge in [0.2, 0.25) is 0 Å².